The molecule has 2 amide bonds. The molecule has 0 aliphatic carbocycles. The molecule has 0 unspecified atom stereocenters. The van der Waals surface area contributed by atoms with Crippen LogP contribution in [-0.2, 0) is 13.1 Å². The number of pyridine rings is 1. The summed E-state index contributed by atoms with van der Waals surface area (Å²) in [6.07, 6.45) is 1.66. The first kappa shape index (κ1) is 15.8. The molecule has 0 spiro atoms. The van der Waals surface area contributed by atoms with Gasteiger partial charge >= 0.3 is 6.03 Å². The van der Waals surface area contributed by atoms with Crippen molar-refractivity contribution in [1.82, 2.24) is 15.2 Å². The highest BCUT2D eigenvalue weighted by atomic mass is 79.9. The molecule has 0 bridgehead atoms. The van der Waals surface area contributed by atoms with E-state index in [1.807, 2.05) is 23.6 Å². The zero-order valence-electron chi connectivity index (χ0n) is 11.8. The van der Waals surface area contributed by atoms with Crippen LogP contribution in [0.5, 0.6) is 5.88 Å². The summed E-state index contributed by atoms with van der Waals surface area (Å²) in [6, 6.07) is 5.57. The summed E-state index contributed by atoms with van der Waals surface area (Å²) in [5.74, 6) is 0.530. The monoisotopic (exact) mass is 369 g/mol. The number of methoxy groups -OCH3 is 1. The van der Waals surface area contributed by atoms with Gasteiger partial charge in [0.25, 0.3) is 0 Å². The minimum atomic E-state index is -0.134. The third kappa shape index (κ3) is 4.44. The fourth-order valence-corrected chi connectivity index (χ4v) is 3.29. The van der Waals surface area contributed by atoms with Crippen molar-refractivity contribution in [3.05, 3.63) is 44.7 Å². The van der Waals surface area contributed by atoms with E-state index in [1.54, 1.807) is 36.6 Å². The molecule has 1 N–H and O–H groups in total. The smallest absolute Gasteiger partial charge is 0.317 e. The Morgan fingerprint density at radius 2 is 2.38 bits per heavy atom. The molecule has 0 saturated carbocycles. The number of nitrogens with one attached hydrogen (secondary N) is 1. The average molecular weight is 370 g/mol. The predicted molar refractivity (Wildman–Crippen MR) is 86.5 cm³/mol. The molecule has 0 aliphatic rings. The number of halogens is 1. The Kier molecular flexibility index (Phi) is 5.58. The predicted octanol–water partition coefficient (Wildman–Crippen LogP) is 3.26. The van der Waals surface area contributed by atoms with Crippen molar-refractivity contribution < 1.29 is 9.53 Å². The van der Waals surface area contributed by atoms with E-state index in [0.717, 1.165) is 14.9 Å². The van der Waals surface area contributed by atoms with E-state index < -0.39 is 0 Å². The van der Waals surface area contributed by atoms with Gasteiger partial charge in [0.05, 0.1) is 13.7 Å². The molecule has 2 aromatic rings. The number of nitrogens with zero attached hydrogens (tertiary/aromatic N) is 2. The van der Waals surface area contributed by atoms with Crippen molar-refractivity contribution in [2.45, 2.75) is 13.1 Å². The van der Waals surface area contributed by atoms with Crippen molar-refractivity contribution in [2.75, 3.05) is 14.2 Å². The molecule has 21 heavy (non-hydrogen) atoms. The maximum Gasteiger partial charge on any atom is 0.317 e. The van der Waals surface area contributed by atoms with Gasteiger partial charge in [0.2, 0.25) is 5.88 Å². The lowest BCUT2D eigenvalue weighted by molar-refractivity contribution is 0.206. The van der Waals surface area contributed by atoms with E-state index in [0.29, 0.717) is 19.0 Å². The molecule has 2 rings (SSSR count). The molecule has 0 radical (unpaired) electrons. The van der Waals surface area contributed by atoms with Gasteiger partial charge < -0.3 is 15.0 Å². The number of hydrogen-bond acceptors (Lipinski definition) is 4. The normalized spacial score (nSPS) is 10.2. The number of thiophene rings is 1. The first-order valence-corrected chi connectivity index (χ1v) is 7.97. The van der Waals surface area contributed by atoms with Crippen LogP contribution in [0.2, 0.25) is 0 Å². The molecular formula is C14H16BrN3O2S. The first-order valence-electron chi connectivity index (χ1n) is 6.30. The number of carbonyl (C=O) groups excluding carboxylic acids is 1. The van der Waals surface area contributed by atoms with Crippen LogP contribution in [0.1, 0.15) is 10.4 Å². The van der Waals surface area contributed by atoms with Crippen LogP contribution in [0, 0.1) is 0 Å². The van der Waals surface area contributed by atoms with Crippen LogP contribution >= 0.6 is 27.3 Å². The Bertz CT molecular complexity index is 618. The third-order valence-electron chi connectivity index (χ3n) is 2.83. The van der Waals surface area contributed by atoms with E-state index in [-0.39, 0.29) is 6.03 Å². The molecular weight excluding hydrogens is 354 g/mol. The Morgan fingerprint density at radius 1 is 1.57 bits per heavy atom. The van der Waals surface area contributed by atoms with Crippen molar-refractivity contribution in [3.63, 3.8) is 0 Å². The maximum atomic E-state index is 12.1. The van der Waals surface area contributed by atoms with Gasteiger partial charge in [-0.15, -0.1) is 11.3 Å². The van der Waals surface area contributed by atoms with Gasteiger partial charge in [-0.05, 0) is 28.1 Å². The topological polar surface area (TPSA) is 54.5 Å². The van der Waals surface area contributed by atoms with E-state index in [1.165, 1.54) is 0 Å². The number of amides is 2. The summed E-state index contributed by atoms with van der Waals surface area (Å²) < 4.78 is 6.20. The molecule has 5 nitrogen and oxygen atoms in total. The van der Waals surface area contributed by atoms with Gasteiger partial charge in [-0.3, -0.25) is 0 Å². The van der Waals surface area contributed by atoms with E-state index in [9.17, 15) is 4.79 Å². The Labute approximate surface area is 136 Å². The molecule has 0 saturated heterocycles. The van der Waals surface area contributed by atoms with Crippen LogP contribution < -0.4 is 10.1 Å². The summed E-state index contributed by atoms with van der Waals surface area (Å²) >= 11 is 5.02. The highest BCUT2D eigenvalue weighted by molar-refractivity contribution is 9.10. The van der Waals surface area contributed by atoms with E-state index in [2.05, 4.69) is 26.2 Å². The zero-order valence-corrected chi connectivity index (χ0v) is 14.2. The van der Waals surface area contributed by atoms with Gasteiger partial charge in [0.1, 0.15) is 0 Å². The largest absolute Gasteiger partial charge is 0.481 e. The van der Waals surface area contributed by atoms with Crippen molar-refractivity contribution in [1.29, 1.82) is 0 Å². The highest BCUT2D eigenvalue weighted by Crippen LogP contribution is 2.20. The molecule has 0 fully saturated rings. The van der Waals surface area contributed by atoms with Crippen LogP contribution in [-0.4, -0.2) is 30.1 Å². The second kappa shape index (κ2) is 7.42. The second-order valence-electron chi connectivity index (χ2n) is 4.42. The summed E-state index contributed by atoms with van der Waals surface area (Å²) in [4.78, 5) is 18.9. The van der Waals surface area contributed by atoms with Gasteiger partial charge in [-0.25, -0.2) is 9.78 Å². The lowest BCUT2D eigenvalue weighted by Crippen LogP contribution is -2.36. The van der Waals surface area contributed by atoms with Gasteiger partial charge in [-0.1, -0.05) is 6.07 Å². The number of ether oxygens (including phenoxy) is 1. The molecule has 2 aromatic heterocycles. The average Bonchev–Trinajstić information content (AvgIpc) is 2.90. The SMILES string of the molecule is COc1ncccc1CNC(=O)N(C)Cc1cc(Br)cs1. The van der Waals surface area contributed by atoms with Crippen molar-refractivity contribution >= 4 is 33.3 Å². The summed E-state index contributed by atoms with van der Waals surface area (Å²) in [7, 11) is 3.33. The molecule has 0 aromatic carbocycles. The summed E-state index contributed by atoms with van der Waals surface area (Å²) in [6.45, 7) is 0.959. The number of hydrogen-bond donors (Lipinski definition) is 1. The van der Waals surface area contributed by atoms with Crippen molar-refractivity contribution in [2.24, 2.45) is 0 Å². The number of urea groups is 1. The minimum absolute atomic E-state index is 0.134. The van der Waals surface area contributed by atoms with Crippen molar-refractivity contribution in [3.8, 4) is 5.88 Å². The molecule has 0 aliphatic heterocycles. The Hall–Kier alpha value is -1.60. The number of rotatable bonds is 5. The zero-order chi connectivity index (χ0) is 15.2. The van der Waals surface area contributed by atoms with Crippen LogP contribution in [0.25, 0.3) is 0 Å². The first-order chi connectivity index (χ1) is 10.1. The maximum absolute atomic E-state index is 12.1. The number of aromatic nitrogens is 1. The third-order valence-corrected chi connectivity index (χ3v) is 4.52. The van der Waals surface area contributed by atoms with Crippen LogP contribution in [0.3, 0.4) is 0 Å². The van der Waals surface area contributed by atoms with Crippen LogP contribution in [0.15, 0.2) is 34.2 Å². The van der Waals surface area contributed by atoms with E-state index >= 15 is 0 Å². The van der Waals surface area contributed by atoms with Gasteiger partial charge in [0, 0.05) is 40.1 Å². The highest BCUT2D eigenvalue weighted by Gasteiger charge is 2.11. The minimum Gasteiger partial charge on any atom is -0.481 e. The fraction of sp³-hybridized carbons (Fsp3) is 0.286. The van der Waals surface area contributed by atoms with Gasteiger partial charge in [0.15, 0.2) is 0 Å². The molecule has 112 valence electrons. The quantitative estimate of drug-likeness (QED) is 0.879. The fourth-order valence-electron chi connectivity index (χ4n) is 1.79. The number of carbonyl (C=O) groups is 1. The van der Waals surface area contributed by atoms with Gasteiger partial charge in [-0.2, -0.15) is 0 Å². The molecule has 2 heterocycles. The van der Waals surface area contributed by atoms with Crippen LogP contribution in [0.4, 0.5) is 4.79 Å². The lowest BCUT2D eigenvalue weighted by Gasteiger charge is -2.17. The molecule has 7 heteroatoms. The second-order valence-corrected chi connectivity index (χ2v) is 6.33. The molecule has 0 atom stereocenters. The summed E-state index contributed by atoms with van der Waals surface area (Å²) in [5, 5.41) is 4.86. The lowest BCUT2D eigenvalue weighted by atomic mass is 10.2. The Balaban J connectivity index is 1.89. The standard InChI is InChI=1S/C14H16BrN3O2S/c1-18(8-12-6-11(15)9-21-12)14(19)17-7-10-4-3-5-16-13(10)20-2/h3-6,9H,7-8H2,1-2H3,(H,17,19). The van der Waals surface area contributed by atoms with E-state index in [4.69, 9.17) is 4.74 Å². The Morgan fingerprint density at radius 3 is 3.05 bits per heavy atom. The summed E-state index contributed by atoms with van der Waals surface area (Å²) in [5.41, 5.74) is 0.848.